The summed E-state index contributed by atoms with van der Waals surface area (Å²) in [5.74, 6) is 5.47. The molecule has 2 saturated carbocycles. The summed E-state index contributed by atoms with van der Waals surface area (Å²) < 4.78 is 0. The second-order valence-corrected chi connectivity index (χ2v) is 9.13. The third kappa shape index (κ3) is 15.7. The van der Waals surface area contributed by atoms with Crippen molar-refractivity contribution in [2.75, 3.05) is 0 Å². The Bertz CT molecular complexity index is 338. The van der Waals surface area contributed by atoms with Crippen molar-refractivity contribution < 1.29 is 51.0 Å². The minimum absolute atomic E-state index is 0. The molecule has 0 radical (unpaired) electrons. The molecule has 0 aromatic rings. The molecule has 4 unspecified atom stereocenters. The normalized spacial score (nSPS) is 28.0. The number of allylic oxidation sites excluding steroid dienone is 4. The average Bonchev–Trinajstić information content (AvgIpc) is 3.16. The van der Waals surface area contributed by atoms with E-state index in [0.29, 0.717) is 0 Å². The van der Waals surface area contributed by atoms with Crippen molar-refractivity contribution in [2.24, 2.45) is 35.5 Å². The molecule has 4 atom stereocenters. The van der Waals surface area contributed by atoms with Gasteiger partial charge in [0.15, 0.2) is 0 Å². The van der Waals surface area contributed by atoms with Crippen LogP contribution in [0.3, 0.4) is 0 Å². The number of rotatable bonds is 2. The summed E-state index contributed by atoms with van der Waals surface area (Å²) >= 11 is 0. The molecule has 0 amide bonds. The van der Waals surface area contributed by atoms with Gasteiger partial charge in [0, 0.05) is 0 Å². The van der Waals surface area contributed by atoms with Crippen molar-refractivity contribution >= 4 is 0 Å². The molecule has 3 rings (SSSR count). The van der Waals surface area contributed by atoms with Crippen LogP contribution in [0, 0.1) is 54.4 Å². The Balaban J connectivity index is -0.000000332. The van der Waals surface area contributed by atoms with E-state index in [-0.39, 0.29) is 51.0 Å². The van der Waals surface area contributed by atoms with E-state index < -0.39 is 0 Å². The van der Waals surface area contributed by atoms with Crippen LogP contribution in [0.4, 0.5) is 0 Å². The third-order valence-electron chi connectivity index (χ3n) is 5.97. The SMILES string of the molecule is CC1C[CH-]C(C(C)C)CC1.CC1C[CH-]C(C(C)C)CC1.[C-]1=CC=CC1.[Cl-].[Cl-].[Zr+2]. The summed E-state index contributed by atoms with van der Waals surface area (Å²) in [6.45, 7) is 14.0. The minimum atomic E-state index is 0. The maximum atomic E-state index is 2.99. The summed E-state index contributed by atoms with van der Waals surface area (Å²) in [5.41, 5.74) is 0. The van der Waals surface area contributed by atoms with Crippen LogP contribution in [0.1, 0.15) is 86.5 Å². The van der Waals surface area contributed by atoms with E-state index in [0.717, 1.165) is 41.9 Å². The second-order valence-electron chi connectivity index (χ2n) is 9.13. The Kier molecular flexibility index (Phi) is 23.8. The molecule has 0 aliphatic heterocycles. The van der Waals surface area contributed by atoms with Crippen molar-refractivity contribution in [2.45, 2.75) is 86.5 Å². The Hall–Kier alpha value is 0.943. The van der Waals surface area contributed by atoms with Gasteiger partial charge in [-0.2, -0.15) is 30.8 Å². The molecular weight excluding hydrogens is 462 g/mol. The molecule has 0 aromatic carbocycles. The van der Waals surface area contributed by atoms with Gasteiger partial charge in [-0.25, -0.2) is 12.2 Å². The van der Waals surface area contributed by atoms with Crippen LogP contribution in [0.2, 0.25) is 0 Å². The summed E-state index contributed by atoms with van der Waals surface area (Å²) in [7, 11) is 0. The summed E-state index contributed by atoms with van der Waals surface area (Å²) in [6.07, 6.45) is 23.5. The number of halogens is 2. The average molecular weight is 506 g/mol. The molecule has 0 spiro atoms. The second kappa shape index (κ2) is 19.9. The van der Waals surface area contributed by atoms with Crippen molar-refractivity contribution in [1.82, 2.24) is 0 Å². The molecule has 3 aliphatic carbocycles. The zero-order valence-corrected chi connectivity index (χ0v) is 23.0. The maximum Gasteiger partial charge on any atom is 2.00 e. The predicted molar refractivity (Wildman–Crippen MR) is 113 cm³/mol. The molecule has 164 valence electrons. The van der Waals surface area contributed by atoms with Gasteiger partial charge in [-0.1, -0.05) is 90.9 Å². The molecule has 0 N–H and O–H groups in total. The van der Waals surface area contributed by atoms with Crippen LogP contribution in [-0.2, 0) is 26.2 Å². The van der Waals surface area contributed by atoms with Gasteiger partial charge in [-0.05, 0) is 0 Å². The third-order valence-corrected chi connectivity index (χ3v) is 5.97. The molecule has 0 nitrogen and oxygen atoms in total. The molecular formula is C25H43Cl2Zr-3. The molecule has 3 heteroatoms. The molecule has 28 heavy (non-hydrogen) atoms. The molecule has 0 bridgehead atoms. The number of hydrogen-bond donors (Lipinski definition) is 0. The Morgan fingerprint density at radius 2 is 1.21 bits per heavy atom. The minimum Gasteiger partial charge on any atom is -1.00 e. The van der Waals surface area contributed by atoms with Crippen LogP contribution in [0.15, 0.2) is 18.2 Å². The molecule has 3 aliphatic rings. The quantitative estimate of drug-likeness (QED) is 0.503. The molecule has 0 heterocycles. The Morgan fingerprint density at radius 1 is 0.786 bits per heavy atom. The smallest absolute Gasteiger partial charge is 1.00 e. The van der Waals surface area contributed by atoms with Gasteiger partial charge in [-0.3, -0.25) is 6.08 Å². The van der Waals surface area contributed by atoms with Crippen LogP contribution >= 0.6 is 0 Å². The van der Waals surface area contributed by atoms with E-state index in [4.69, 9.17) is 0 Å². The summed E-state index contributed by atoms with van der Waals surface area (Å²) in [4.78, 5) is 0. The largest absolute Gasteiger partial charge is 2.00 e. The van der Waals surface area contributed by atoms with Crippen molar-refractivity contribution in [3.8, 4) is 0 Å². The summed E-state index contributed by atoms with van der Waals surface area (Å²) in [5, 5.41) is 0. The number of hydrogen-bond acceptors (Lipinski definition) is 0. The molecule has 0 saturated heterocycles. The monoisotopic (exact) mass is 503 g/mol. The molecule has 2 fully saturated rings. The predicted octanol–water partition coefficient (Wildman–Crippen LogP) is 1.88. The van der Waals surface area contributed by atoms with Crippen molar-refractivity contribution in [3.63, 3.8) is 0 Å². The zero-order chi connectivity index (χ0) is 18.7. The van der Waals surface area contributed by atoms with Crippen LogP contribution in [0.25, 0.3) is 0 Å². The van der Waals surface area contributed by atoms with E-state index in [9.17, 15) is 0 Å². The fourth-order valence-corrected chi connectivity index (χ4v) is 3.79. The molecule has 0 aromatic heterocycles. The van der Waals surface area contributed by atoms with Gasteiger partial charge in [0.25, 0.3) is 0 Å². The van der Waals surface area contributed by atoms with Crippen LogP contribution < -0.4 is 24.8 Å². The van der Waals surface area contributed by atoms with E-state index in [1.54, 1.807) is 0 Å². The van der Waals surface area contributed by atoms with Gasteiger partial charge < -0.3 is 37.7 Å². The first-order valence-electron chi connectivity index (χ1n) is 10.8. The van der Waals surface area contributed by atoms with E-state index in [2.05, 4.69) is 66.5 Å². The zero-order valence-electron chi connectivity index (χ0n) is 19.1. The standard InChI is InChI=1S/2C10H19.C5H5.2ClH.Zr/c2*1-8(2)10-6-4-9(3)5-7-10;1-2-4-5-3-1;;;/h2*6,8-10H,4-5,7H2,1-3H3;1-3H,4H2;2*1H;/q3*-1;;;+2/p-2. The van der Waals surface area contributed by atoms with E-state index >= 15 is 0 Å². The maximum absolute atomic E-state index is 2.99. The van der Waals surface area contributed by atoms with E-state index in [1.807, 2.05) is 12.2 Å². The van der Waals surface area contributed by atoms with Gasteiger partial charge in [0.1, 0.15) is 0 Å². The summed E-state index contributed by atoms with van der Waals surface area (Å²) in [6, 6.07) is 0. The van der Waals surface area contributed by atoms with Crippen LogP contribution in [-0.4, -0.2) is 0 Å². The first-order chi connectivity index (χ1) is 11.9. The van der Waals surface area contributed by atoms with Crippen LogP contribution in [0.5, 0.6) is 0 Å². The van der Waals surface area contributed by atoms with Crippen molar-refractivity contribution in [1.29, 1.82) is 0 Å². The Morgan fingerprint density at radius 3 is 1.39 bits per heavy atom. The van der Waals surface area contributed by atoms with Gasteiger partial charge in [0.05, 0.1) is 0 Å². The topological polar surface area (TPSA) is 0 Å². The van der Waals surface area contributed by atoms with Crippen molar-refractivity contribution in [3.05, 3.63) is 37.1 Å². The van der Waals surface area contributed by atoms with Gasteiger partial charge in [0.2, 0.25) is 0 Å². The fraction of sp³-hybridized carbons (Fsp3) is 0.760. The first-order valence-corrected chi connectivity index (χ1v) is 10.8. The van der Waals surface area contributed by atoms with Gasteiger partial charge in [-0.15, -0.1) is 6.42 Å². The first kappa shape index (κ1) is 33.6. The fourth-order valence-electron chi connectivity index (χ4n) is 3.79. The van der Waals surface area contributed by atoms with Gasteiger partial charge >= 0.3 is 26.2 Å². The van der Waals surface area contributed by atoms with E-state index in [1.165, 1.54) is 38.5 Å². The Labute approximate surface area is 209 Å².